The van der Waals surface area contributed by atoms with Crippen LogP contribution in [0, 0.1) is 0 Å². The first-order valence-corrected chi connectivity index (χ1v) is 12.7. The van der Waals surface area contributed by atoms with E-state index in [0.717, 1.165) is 37.1 Å². The van der Waals surface area contributed by atoms with Crippen molar-refractivity contribution in [1.29, 1.82) is 0 Å². The lowest BCUT2D eigenvalue weighted by Gasteiger charge is -2.35. The summed E-state index contributed by atoms with van der Waals surface area (Å²) in [6, 6.07) is 17.7. The van der Waals surface area contributed by atoms with Crippen molar-refractivity contribution >= 4 is 11.8 Å². The first-order chi connectivity index (χ1) is 17.6. The number of ether oxygens (including phenoxy) is 1. The number of amides is 2. The van der Waals surface area contributed by atoms with Crippen LogP contribution in [0.4, 0.5) is 0 Å². The van der Waals surface area contributed by atoms with Crippen molar-refractivity contribution < 1.29 is 14.3 Å². The Balaban J connectivity index is 1.34. The Bertz CT molecular complexity index is 1190. The molecule has 0 aliphatic carbocycles. The van der Waals surface area contributed by atoms with Gasteiger partial charge < -0.3 is 14.5 Å². The van der Waals surface area contributed by atoms with Crippen molar-refractivity contribution in [2.45, 2.75) is 19.4 Å². The maximum absolute atomic E-state index is 13.7. The molecule has 5 rings (SSSR count). The normalized spacial score (nSPS) is 16.4. The van der Waals surface area contributed by atoms with Crippen LogP contribution in [0.25, 0.3) is 11.3 Å². The lowest BCUT2D eigenvalue weighted by molar-refractivity contribution is -0.131. The van der Waals surface area contributed by atoms with Gasteiger partial charge in [0.25, 0.3) is 5.91 Å². The molecule has 0 N–H and O–H groups in total. The largest absolute Gasteiger partial charge is 0.496 e. The van der Waals surface area contributed by atoms with E-state index < -0.39 is 0 Å². The summed E-state index contributed by atoms with van der Waals surface area (Å²) in [5.74, 6) is 0.843. The molecule has 0 unspecified atom stereocenters. The topological polar surface area (TPSA) is 70.9 Å². The molecule has 2 saturated heterocycles. The summed E-state index contributed by atoms with van der Waals surface area (Å²) >= 11 is 0. The van der Waals surface area contributed by atoms with Gasteiger partial charge in [0.15, 0.2) is 0 Å². The highest BCUT2D eigenvalue weighted by Crippen LogP contribution is 2.32. The van der Waals surface area contributed by atoms with Crippen LogP contribution >= 0.6 is 0 Å². The Labute approximate surface area is 212 Å². The zero-order valence-electron chi connectivity index (χ0n) is 20.8. The summed E-state index contributed by atoms with van der Waals surface area (Å²) in [4.78, 5) is 32.3. The molecule has 0 saturated carbocycles. The highest BCUT2D eigenvalue weighted by Gasteiger charge is 2.29. The highest BCUT2D eigenvalue weighted by atomic mass is 16.5. The number of para-hydroxylation sites is 1. The van der Waals surface area contributed by atoms with E-state index in [-0.39, 0.29) is 11.8 Å². The van der Waals surface area contributed by atoms with Crippen LogP contribution in [0.15, 0.2) is 60.8 Å². The Hall–Kier alpha value is -3.65. The summed E-state index contributed by atoms with van der Waals surface area (Å²) in [6.07, 6.45) is 4.04. The Morgan fingerprint density at radius 3 is 2.28 bits per heavy atom. The van der Waals surface area contributed by atoms with Gasteiger partial charge in [-0.15, -0.1) is 0 Å². The molecule has 2 aliphatic rings. The fraction of sp³-hybridized carbons (Fsp3) is 0.393. The predicted octanol–water partition coefficient (Wildman–Crippen LogP) is 2.99. The van der Waals surface area contributed by atoms with Gasteiger partial charge in [-0.25, -0.2) is 0 Å². The monoisotopic (exact) mass is 487 g/mol. The number of nitrogens with zero attached hydrogens (tertiary/aromatic N) is 5. The average Bonchev–Trinajstić information content (AvgIpc) is 3.60. The number of benzene rings is 2. The van der Waals surface area contributed by atoms with Crippen molar-refractivity contribution in [3.63, 3.8) is 0 Å². The first-order valence-electron chi connectivity index (χ1n) is 12.7. The van der Waals surface area contributed by atoms with E-state index in [1.54, 1.807) is 7.11 Å². The van der Waals surface area contributed by atoms with E-state index >= 15 is 0 Å². The summed E-state index contributed by atoms with van der Waals surface area (Å²) in [7, 11) is 1.63. The molecule has 8 heteroatoms. The molecule has 2 fully saturated rings. The first kappa shape index (κ1) is 24.1. The van der Waals surface area contributed by atoms with Crippen LogP contribution in [-0.4, -0.2) is 89.2 Å². The molecule has 3 heterocycles. The van der Waals surface area contributed by atoms with Gasteiger partial charge >= 0.3 is 0 Å². The molecule has 3 aromatic rings. The lowest BCUT2D eigenvalue weighted by atomic mass is 10.1. The third kappa shape index (κ3) is 5.28. The van der Waals surface area contributed by atoms with E-state index in [2.05, 4.69) is 17.0 Å². The second-order valence-electron chi connectivity index (χ2n) is 9.43. The van der Waals surface area contributed by atoms with E-state index in [1.165, 1.54) is 0 Å². The van der Waals surface area contributed by atoms with Gasteiger partial charge in [0.2, 0.25) is 5.91 Å². The molecule has 188 valence electrons. The molecular weight excluding hydrogens is 454 g/mol. The van der Waals surface area contributed by atoms with Gasteiger partial charge in [0.05, 0.1) is 25.8 Å². The zero-order chi connectivity index (χ0) is 24.9. The second kappa shape index (κ2) is 11.0. The van der Waals surface area contributed by atoms with Crippen molar-refractivity contribution in [1.82, 2.24) is 24.5 Å². The third-order valence-corrected chi connectivity index (χ3v) is 7.02. The maximum atomic E-state index is 13.7. The van der Waals surface area contributed by atoms with Crippen LogP contribution < -0.4 is 4.74 Å². The number of methoxy groups -OCH3 is 1. The number of likely N-dealkylation sites (tertiary alicyclic amines) is 1. The number of carbonyl (C=O) groups excluding carboxylic acids is 2. The fourth-order valence-electron chi connectivity index (χ4n) is 5.01. The van der Waals surface area contributed by atoms with Gasteiger partial charge in [0, 0.05) is 51.0 Å². The van der Waals surface area contributed by atoms with Crippen LogP contribution in [0.3, 0.4) is 0 Å². The van der Waals surface area contributed by atoms with Crippen LogP contribution in [0.5, 0.6) is 5.75 Å². The van der Waals surface area contributed by atoms with E-state index in [9.17, 15) is 9.59 Å². The molecule has 0 bridgehead atoms. The molecule has 2 aromatic carbocycles. The summed E-state index contributed by atoms with van der Waals surface area (Å²) in [6.45, 7) is 5.29. The molecule has 0 spiro atoms. The smallest absolute Gasteiger partial charge is 0.257 e. The summed E-state index contributed by atoms with van der Waals surface area (Å²) in [5, 5.41) is 4.83. The lowest BCUT2D eigenvalue weighted by Crippen LogP contribution is -2.51. The summed E-state index contributed by atoms with van der Waals surface area (Å²) in [5.41, 5.74) is 3.10. The summed E-state index contributed by atoms with van der Waals surface area (Å²) < 4.78 is 7.41. The van der Waals surface area contributed by atoms with Crippen molar-refractivity contribution in [2.75, 3.05) is 52.9 Å². The second-order valence-corrected chi connectivity index (χ2v) is 9.43. The third-order valence-electron chi connectivity index (χ3n) is 7.02. The Morgan fingerprint density at radius 2 is 1.56 bits per heavy atom. The molecule has 2 amide bonds. The maximum Gasteiger partial charge on any atom is 0.257 e. The number of carbonyl (C=O) groups is 2. The molecule has 8 nitrogen and oxygen atoms in total. The Kier molecular flexibility index (Phi) is 7.32. The SMILES string of the molecule is COc1ccccc1-c1nn(Cc2ccccc2)cc1C(=O)N1CCN(CC(=O)N2CCCC2)CC1. The van der Waals surface area contributed by atoms with E-state index in [1.807, 2.05) is 63.1 Å². The Morgan fingerprint density at radius 1 is 0.861 bits per heavy atom. The van der Waals surface area contributed by atoms with Crippen molar-refractivity contribution in [2.24, 2.45) is 0 Å². The highest BCUT2D eigenvalue weighted by molar-refractivity contribution is 6.00. The number of piperazine rings is 1. The van der Waals surface area contributed by atoms with E-state index in [4.69, 9.17) is 9.84 Å². The van der Waals surface area contributed by atoms with Crippen LogP contribution in [0.1, 0.15) is 28.8 Å². The minimum atomic E-state index is -0.0410. The predicted molar refractivity (Wildman–Crippen MR) is 138 cm³/mol. The minimum absolute atomic E-state index is 0.0410. The number of hydrogen-bond acceptors (Lipinski definition) is 5. The van der Waals surface area contributed by atoms with Gasteiger partial charge in [0.1, 0.15) is 11.4 Å². The minimum Gasteiger partial charge on any atom is -0.496 e. The number of aromatic nitrogens is 2. The van der Waals surface area contributed by atoms with Gasteiger partial charge in [-0.3, -0.25) is 19.2 Å². The van der Waals surface area contributed by atoms with Gasteiger partial charge in [-0.05, 0) is 30.5 Å². The molecule has 1 aromatic heterocycles. The number of rotatable bonds is 7. The van der Waals surface area contributed by atoms with Gasteiger partial charge in [-0.2, -0.15) is 5.10 Å². The van der Waals surface area contributed by atoms with Gasteiger partial charge in [-0.1, -0.05) is 42.5 Å². The standard InChI is InChI=1S/C28H33N5O3/c1-36-25-12-6-5-11-23(25)27-24(20-33(29-27)19-22-9-3-2-4-10-22)28(35)32-17-15-30(16-18-32)21-26(34)31-13-7-8-14-31/h2-6,9-12,20H,7-8,13-19,21H2,1H3. The molecule has 0 atom stereocenters. The molecule has 36 heavy (non-hydrogen) atoms. The molecule has 0 radical (unpaired) electrons. The molecule has 2 aliphatic heterocycles. The fourth-order valence-corrected chi connectivity index (χ4v) is 5.01. The number of hydrogen-bond donors (Lipinski definition) is 0. The van der Waals surface area contributed by atoms with Crippen molar-refractivity contribution in [3.05, 3.63) is 71.9 Å². The quantitative estimate of drug-likeness (QED) is 0.513. The zero-order valence-corrected chi connectivity index (χ0v) is 20.8. The van der Waals surface area contributed by atoms with E-state index in [0.29, 0.717) is 56.3 Å². The van der Waals surface area contributed by atoms with Crippen LogP contribution in [0.2, 0.25) is 0 Å². The molecular formula is C28H33N5O3. The van der Waals surface area contributed by atoms with Crippen molar-refractivity contribution in [3.8, 4) is 17.0 Å². The average molecular weight is 488 g/mol. The van der Waals surface area contributed by atoms with Crippen LogP contribution in [-0.2, 0) is 11.3 Å².